The summed E-state index contributed by atoms with van der Waals surface area (Å²) in [6.45, 7) is 0. The molecular formula is C19H25NO. The van der Waals surface area contributed by atoms with Crippen LogP contribution in [0.3, 0.4) is 0 Å². The van der Waals surface area contributed by atoms with Crippen LogP contribution in [0.1, 0.15) is 44.1 Å². The number of rotatable bonds is 4. The molecule has 5 unspecified atom stereocenters. The maximum absolute atomic E-state index is 12.2. The minimum atomic E-state index is 0.256. The first-order chi connectivity index (χ1) is 10.3. The average Bonchev–Trinajstić information content (AvgIpc) is 3.18. The van der Waals surface area contributed by atoms with Gasteiger partial charge < -0.3 is 5.32 Å². The molecule has 1 amide bonds. The molecule has 1 aromatic rings. The van der Waals surface area contributed by atoms with E-state index < -0.39 is 0 Å². The zero-order valence-electron chi connectivity index (χ0n) is 12.6. The summed E-state index contributed by atoms with van der Waals surface area (Å²) in [5, 5.41) is 3.35. The molecule has 2 nitrogen and oxygen atoms in total. The van der Waals surface area contributed by atoms with Crippen molar-refractivity contribution in [2.45, 2.75) is 51.0 Å². The first kappa shape index (κ1) is 13.4. The standard InChI is InChI=1S/C19H25NO/c21-19(10-9-13-5-2-1-3-6-13)20-18-12-14-11-17(18)16-8-4-7-15(14)16/h1-3,5-6,14-18H,4,7-12H2,(H,20,21). The fraction of sp³-hybridized carbons (Fsp3) is 0.632. The van der Waals surface area contributed by atoms with Crippen LogP contribution in [-0.2, 0) is 11.2 Å². The summed E-state index contributed by atoms with van der Waals surface area (Å²) in [5.74, 6) is 3.91. The summed E-state index contributed by atoms with van der Waals surface area (Å²) >= 11 is 0. The number of carbonyl (C=O) groups is 1. The molecule has 3 aliphatic carbocycles. The third-order valence-corrected chi connectivity index (χ3v) is 6.26. The molecule has 3 aliphatic rings. The van der Waals surface area contributed by atoms with Crippen molar-refractivity contribution < 1.29 is 4.79 Å². The van der Waals surface area contributed by atoms with Gasteiger partial charge in [0.25, 0.3) is 0 Å². The highest BCUT2D eigenvalue weighted by molar-refractivity contribution is 5.76. The topological polar surface area (TPSA) is 29.1 Å². The van der Waals surface area contributed by atoms with E-state index >= 15 is 0 Å². The summed E-state index contributed by atoms with van der Waals surface area (Å²) in [6, 6.07) is 10.8. The van der Waals surface area contributed by atoms with Gasteiger partial charge in [-0.05, 0) is 61.3 Å². The van der Waals surface area contributed by atoms with Gasteiger partial charge in [0.15, 0.2) is 0 Å². The van der Waals surface area contributed by atoms with Crippen LogP contribution in [-0.4, -0.2) is 11.9 Å². The molecular weight excluding hydrogens is 258 g/mol. The van der Waals surface area contributed by atoms with E-state index in [4.69, 9.17) is 0 Å². The molecule has 1 N–H and O–H groups in total. The lowest BCUT2D eigenvalue weighted by Crippen LogP contribution is -2.42. The van der Waals surface area contributed by atoms with Crippen LogP contribution in [0.2, 0.25) is 0 Å². The number of amides is 1. The minimum absolute atomic E-state index is 0.256. The Labute approximate surface area is 127 Å². The van der Waals surface area contributed by atoms with E-state index in [9.17, 15) is 4.79 Å². The zero-order valence-corrected chi connectivity index (χ0v) is 12.6. The molecule has 5 atom stereocenters. The number of benzene rings is 1. The van der Waals surface area contributed by atoms with Gasteiger partial charge in [0, 0.05) is 12.5 Å². The second kappa shape index (κ2) is 5.47. The maximum atomic E-state index is 12.2. The van der Waals surface area contributed by atoms with Crippen LogP contribution < -0.4 is 5.32 Å². The molecule has 0 spiro atoms. The van der Waals surface area contributed by atoms with E-state index in [0.717, 1.165) is 30.1 Å². The zero-order chi connectivity index (χ0) is 14.2. The smallest absolute Gasteiger partial charge is 0.220 e. The summed E-state index contributed by atoms with van der Waals surface area (Å²) in [5.41, 5.74) is 1.26. The van der Waals surface area contributed by atoms with Crippen LogP contribution in [0.25, 0.3) is 0 Å². The normalized spacial score (nSPS) is 36.7. The van der Waals surface area contributed by atoms with Crippen molar-refractivity contribution in [3.63, 3.8) is 0 Å². The summed E-state index contributed by atoms with van der Waals surface area (Å²) in [7, 11) is 0. The molecule has 112 valence electrons. The highest BCUT2D eigenvalue weighted by Crippen LogP contribution is 2.58. The Morgan fingerprint density at radius 3 is 2.71 bits per heavy atom. The van der Waals surface area contributed by atoms with Gasteiger partial charge in [0.05, 0.1) is 0 Å². The fourth-order valence-electron chi connectivity index (χ4n) is 5.42. The Bertz CT molecular complexity index is 512. The van der Waals surface area contributed by atoms with Gasteiger partial charge in [-0.2, -0.15) is 0 Å². The third-order valence-electron chi connectivity index (χ3n) is 6.26. The molecule has 2 heteroatoms. The van der Waals surface area contributed by atoms with Gasteiger partial charge in [-0.25, -0.2) is 0 Å². The molecule has 3 fully saturated rings. The van der Waals surface area contributed by atoms with Crippen molar-refractivity contribution >= 4 is 5.91 Å². The summed E-state index contributed by atoms with van der Waals surface area (Å²) < 4.78 is 0. The first-order valence-electron chi connectivity index (χ1n) is 8.64. The quantitative estimate of drug-likeness (QED) is 0.899. The molecule has 0 heterocycles. The van der Waals surface area contributed by atoms with E-state index in [1.165, 1.54) is 37.7 Å². The molecule has 0 aromatic heterocycles. The lowest BCUT2D eigenvalue weighted by Gasteiger charge is -2.32. The first-order valence-corrected chi connectivity index (χ1v) is 8.64. The van der Waals surface area contributed by atoms with Crippen molar-refractivity contribution in [1.82, 2.24) is 5.32 Å². The maximum Gasteiger partial charge on any atom is 0.220 e. The molecule has 4 rings (SSSR count). The van der Waals surface area contributed by atoms with Crippen LogP contribution >= 0.6 is 0 Å². The number of hydrogen-bond acceptors (Lipinski definition) is 1. The molecule has 2 bridgehead atoms. The molecule has 3 saturated carbocycles. The highest BCUT2D eigenvalue weighted by Gasteiger charge is 2.53. The third kappa shape index (κ3) is 2.49. The fourth-order valence-corrected chi connectivity index (χ4v) is 5.42. The van der Waals surface area contributed by atoms with E-state index in [1.54, 1.807) is 0 Å². The van der Waals surface area contributed by atoms with E-state index in [1.807, 2.05) is 18.2 Å². The highest BCUT2D eigenvalue weighted by atomic mass is 16.1. The van der Waals surface area contributed by atoms with E-state index in [0.29, 0.717) is 12.5 Å². The summed E-state index contributed by atoms with van der Waals surface area (Å²) in [6.07, 6.45) is 8.44. The van der Waals surface area contributed by atoms with E-state index in [-0.39, 0.29) is 5.91 Å². The Morgan fingerprint density at radius 1 is 1.05 bits per heavy atom. The molecule has 0 saturated heterocycles. The van der Waals surface area contributed by atoms with Crippen molar-refractivity contribution in [2.75, 3.05) is 0 Å². The van der Waals surface area contributed by atoms with Gasteiger partial charge >= 0.3 is 0 Å². The molecule has 0 radical (unpaired) electrons. The van der Waals surface area contributed by atoms with Crippen molar-refractivity contribution in [3.05, 3.63) is 35.9 Å². The predicted octanol–water partition coefficient (Wildman–Crippen LogP) is 3.56. The Kier molecular flexibility index (Phi) is 3.48. The molecule has 21 heavy (non-hydrogen) atoms. The number of carbonyl (C=O) groups excluding carboxylic acids is 1. The van der Waals surface area contributed by atoms with Crippen LogP contribution in [0.15, 0.2) is 30.3 Å². The van der Waals surface area contributed by atoms with Crippen molar-refractivity contribution in [2.24, 2.45) is 23.7 Å². The number of aryl methyl sites for hydroxylation is 1. The van der Waals surface area contributed by atoms with Crippen molar-refractivity contribution in [3.8, 4) is 0 Å². The largest absolute Gasteiger partial charge is 0.353 e. The SMILES string of the molecule is O=C(CCc1ccccc1)NC1CC2CC1C1CCCC21. The van der Waals surface area contributed by atoms with Crippen LogP contribution in [0, 0.1) is 23.7 Å². The lowest BCUT2D eigenvalue weighted by atomic mass is 9.79. The Hall–Kier alpha value is -1.31. The number of nitrogens with one attached hydrogen (secondary N) is 1. The van der Waals surface area contributed by atoms with E-state index in [2.05, 4.69) is 17.4 Å². The second-order valence-electron chi connectivity index (χ2n) is 7.31. The summed E-state index contributed by atoms with van der Waals surface area (Å²) in [4.78, 5) is 12.2. The van der Waals surface area contributed by atoms with Gasteiger partial charge in [0.1, 0.15) is 0 Å². The molecule has 0 aliphatic heterocycles. The van der Waals surface area contributed by atoms with Crippen molar-refractivity contribution in [1.29, 1.82) is 0 Å². The van der Waals surface area contributed by atoms with Crippen LogP contribution in [0.4, 0.5) is 0 Å². The van der Waals surface area contributed by atoms with Gasteiger partial charge in [-0.15, -0.1) is 0 Å². The van der Waals surface area contributed by atoms with Gasteiger partial charge in [0.2, 0.25) is 5.91 Å². The average molecular weight is 283 g/mol. The van der Waals surface area contributed by atoms with Crippen LogP contribution in [0.5, 0.6) is 0 Å². The predicted molar refractivity (Wildman–Crippen MR) is 83.7 cm³/mol. The second-order valence-corrected chi connectivity index (χ2v) is 7.31. The Morgan fingerprint density at radius 2 is 1.86 bits per heavy atom. The number of hydrogen-bond donors (Lipinski definition) is 1. The van der Waals surface area contributed by atoms with Gasteiger partial charge in [-0.1, -0.05) is 36.8 Å². The number of fused-ring (bicyclic) bond motifs is 5. The molecule has 1 aromatic carbocycles. The van der Waals surface area contributed by atoms with Gasteiger partial charge in [-0.3, -0.25) is 4.79 Å². The lowest BCUT2D eigenvalue weighted by molar-refractivity contribution is -0.122. The monoisotopic (exact) mass is 283 g/mol. The Balaban J connectivity index is 1.30. The minimum Gasteiger partial charge on any atom is -0.353 e.